The quantitative estimate of drug-likeness (QED) is 0.859. The van der Waals surface area contributed by atoms with Gasteiger partial charge in [0.2, 0.25) is 0 Å². The Morgan fingerprint density at radius 1 is 1.41 bits per heavy atom. The van der Waals surface area contributed by atoms with Crippen LogP contribution >= 0.6 is 15.9 Å². The average Bonchev–Trinajstić information content (AvgIpc) is 2.36. The summed E-state index contributed by atoms with van der Waals surface area (Å²) in [5.41, 5.74) is 0.987. The Labute approximate surface area is 108 Å². The first kappa shape index (κ1) is 12.1. The molecule has 1 aromatic rings. The van der Waals surface area contributed by atoms with Gasteiger partial charge in [-0.25, -0.2) is 5.06 Å². The number of nitrogens with zero attached hydrogens (tertiary/aromatic N) is 1. The minimum absolute atomic E-state index is 0.160. The molecule has 17 heavy (non-hydrogen) atoms. The number of hydroxylamine groups is 2. The van der Waals surface area contributed by atoms with Gasteiger partial charge in [0.15, 0.2) is 0 Å². The van der Waals surface area contributed by atoms with Crippen LogP contribution in [0.5, 0.6) is 5.75 Å². The fourth-order valence-electron chi connectivity index (χ4n) is 1.48. The van der Waals surface area contributed by atoms with Crippen molar-refractivity contribution >= 4 is 21.8 Å². The molecule has 1 aliphatic heterocycles. The number of amides is 1. The van der Waals surface area contributed by atoms with E-state index < -0.39 is 0 Å². The number of benzene rings is 1. The van der Waals surface area contributed by atoms with Crippen molar-refractivity contribution in [1.82, 2.24) is 5.06 Å². The Bertz CT molecular complexity index is 442. The fraction of sp³-hybridized carbons (Fsp3) is 0.250. The Morgan fingerprint density at radius 3 is 2.76 bits per heavy atom. The van der Waals surface area contributed by atoms with E-state index in [0.717, 1.165) is 11.3 Å². The molecule has 0 radical (unpaired) electrons. The van der Waals surface area contributed by atoms with Crippen LogP contribution in [0.1, 0.15) is 5.56 Å². The zero-order valence-corrected chi connectivity index (χ0v) is 10.9. The maximum atomic E-state index is 11.7. The molecule has 0 bridgehead atoms. The molecule has 0 atom stereocenters. The summed E-state index contributed by atoms with van der Waals surface area (Å²) in [6, 6.07) is 7.52. The van der Waals surface area contributed by atoms with Crippen molar-refractivity contribution in [2.45, 2.75) is 6.54 Å². The third kappa shape index (κ3) is 2.87. The molecule has 0 saturated heterocycles. The summed E-state index contributed by atoms with van der Waals surface area (Å²) in [5, 5.41) is 1.34. The lowest BCUT2D eigenvalue weighted by Gasteiger charge is -2.24. The summed E-state index contributed by atoms with van der Waals surface area (Å²) in [5.74, 6) is 0.632. The number of carbonyl (C=O) groups excluding carboxylic acids is 1. The lowest BCUT2D eigenvalue weighted by molar-refractivity contribution is -0.184. The van der Waals surface area contributed by atoms with Gasteiger partial charge in [-0.3, -0.25) is 9.63 Å². The van der Waals surface area contributed by atoms with Crippen molar-refractivity contribution in [3.63, 3.8) is 0 Å². The molecule has 90 valence electrons. The average molecular weight is 298 g/mol. The van der Waals surface area contributed by atoms with Crippen molar-refractivity contribution in [1.29, 1.82) is 0 Å². The molecule has 0 unspecified atom stereocenters. The number of carbonyl (C=O) groups is 1. The van der Waals surface area contributed by atoms with Crippen molar-refractivity contribution in [3.8, 4) is 5.75 Å². The molecule has 0 N–H and O–H groups in total. The van der Waals surface area contributed by atoms with Crippen LogP contribution in [-0.4, -0.2) is 24.7 Å². The zero-order chi connectivity index (χ0) is 12.3. The smallest absolute Gasteiger partial charge is 0.284 e. The number of hydrogen-bond donors (Lipinski definition) is 0. The van der Waals surface area contributed by atoms with Crippen LogP contribution in [0.15, 0.2) is 34.8 Å². The Balaban J connectivity index is 2.05. The molecule has 1 heterocycles. The van der Waals surface area contributed by atoms with E-state index in [2.05, 4.69) is 15.9 Å². The minimum atomic E-state index is -0.160. The minimum Gasteiger partial charge on any atom is -0.497 e. The van der Waals surface area contributed by atoms with E-state index in [1.54, 1.807) is 13.2 Å². The van der Waals surface area contributed by atoms with E-state index in [0.29, 0.717) is 17.6 Å². The third-order valence-corrected chi connectivity index (χ3v) is 3.07. The molecule has 0 aromatic heterocycles. The fourth-order valence-corrected chi connectivity index (χ4v) is 1.81. The lowest BCUT2D eigenvalue weighted by Crippen LogP contribution is -2.33. The number of ether oxygens (including phenoxy) is 1. The molecule has 1 aromatic carbocycles. The summed E-state index contributed by atoms with van der Waals surface area (Å²) >= 11 is 3.20. The van der Waals surface area contributed by atoms with E-state index in [4.69, 9.17) is 9.57 Å². The number of rotatable bonds is 3. The summed E-state index contributed by atoms with van der Waals surface area (Å²) in [7, 11) is 1.62. The molecule has 5 heteroatoms. The van der Waals surface area contributed by atoms with Gasteiger partial charge in [0.1, 0.15) is 5.75 Å². The summed E-state index contributed by atoms with van der Waals surface area (Å²) in [6.45, 7) is 0.828. The number of halogens is 1. The summed E-state index contributed by atoms with van der Waals surface area (Å²) < 4.78 is 5.61. The first-order valence-electron chi connectivity index (χ1n) is 5.14. The van der Waals surface area contributed by atoms with Gasteiger partial charge >= 0.3 is 0 Å². The van der Waals surface area contributed by atoms with Crippen molar-refractivity contribution in [2.24, 2.45) is 0 Å². The molecular weight excluding hydrogens is 286 g/mol. The van der Waals surface area contributed by atoms with Crippen molar-refractivity contribution < 1.29 is 14.4 Å². The van der Waals surface area contributed by atoms with E-state index in [-0.39, 0.29) is 5.91 Å². The number of methoxy groups -OCH3 is 1. The monoisotopic (exact) mass is 297 g/mol. The molecule has 0 fully saturated rings. The normalized spacial score (nSPS) is 15.8. The largest absolute Gasteiger partial charge is 0.497 e. The van der Waals surface area contributed by atoms with E-state index in [1.165, 1.54) is 5.06 Å². The number of hydrogen-bond acceptors (Lipinski definition) is 3. The molecule has 0 saturated carbocycles. The van der Waals surface area contributed by atoms with E-state index in [9.17, 15) is 4.79 Å². The highest BCUT2D eigenvalue weighted by Gasteiger charge is 2.21. The summed E-state index contributed by atoms with van der Waals surface area (Å²) in [4.78, 5) is 17.0. The molecule has 0 aliphatic carbocycles. The van der Waals surface area contributed by atoms with Gasteiger partial charge in [-0.15, -0.1) is 0 Å². The molecule has 4 nitrogen and oxygen atoms in total. The lowest BCUT2D eigenvalue weighted by atomic mass is 10.2. The van der Waals surface area contributed by atoms with Gasteiger partial charge in [0.25, 0.3) is 5.91 Å². The Kier molecular flexibility index (Phi) is 3.81. The first-order chi connectivity index (χ1) is 8.20. The van der Waals surface area contributed by atoms with Gasteiger partial charge in [-0.2, -0.15) is 0 Å². The van der Waals surface area contributed by atoms with Crippen LogP contribution < -0.4 is 4.74 Å². The molecular formula is C12H12BrNO3. The van der Waals surface area contributed by atoms with Gasteiger partial charge in [0, 0.05) is 0 Å². The van der Waals surface area contributed by atoms with Gasteiger partial charge in [-0.1, -0.05) is 12.1 Å². The second kappa shape index (κ2) is 5.33. The second-order valence-electron chi connectivity index (χ2n) is 3.54. The summed E-state index contributed by atoms with van der Waals surface area (Å²) in [6.07, 6.45) is 1.70. The SMILES string of the molecule is COc1ccc(CN2OCC=C(Br)C2=O)cc1. The highest BCUT2D eigenvalue weighted by atomic mass is 79.9. The standard InChI is InChI=1S/C12H12BrNO3/c1-16-10-4-2-9(3-5-10)8-14-12(15)11(13)6-7-17-14/h2-6H,7-8H2,1H3. The highest BCUT2D eigenvalue weighted by molar-refractivity contribution is 9.12. The topological polar surface area (TPSA) is 38.8 Å². The van der Waals surface area contributed by atoms with Crippen LogP contribution in [0.3, 0.4) is 0 Å². The van der Waals surface area contributed by atoms with Crippen LogP contribution in [0, 0.1) is 0 Å². The van der Waals surface area contributed by atoms with Gasteiger partial charge in [-0.05, 0) is 39.7 Å². The maximum Gasteiger partial charge on any atom is 0.284 e. The van der Waals surface area contributed by atoms with Crippen LogP contribution in [0.2, 0.25) is 0 Å². The predicted octanol–water partition coefficient (Wildman–Crippen LogP) is 2.25. The third-order valence-electron chi connectivity index (χ3n) is 2.41. The maximum absolute atomic E-state index is 11.7. The van der Waals surface area contributed by atoms with E-state index in [1.807, 2.05) is 24.3 Å². The molecule has 1 amide bonds. The molecule has 2 rings (SSSR count). The Hall–Kier alpha value is -1.33. The van der Waals surface area contributed by atoms with Gasteiger partial charge < -0.3 is 4.74 Å². The van der Waals surface area contributed by atoms with E-state index >= 15 is 0 Å². The molecule has 1 aliphatic rings. The second-order valence-corrected chi connectivity index (χ2v) is 4.39. The van der Waals surface area contributed by atoms with Crippen molar-refractivity contribution in [3.05, 3.63) is 40.4 Å². The predicted molar refractivity (Wildman–Crippen MR) is 66.5 cm³/mol. The zero-order valence-electron chi connectivity index (χ0n) is 9.35. The van der Waals surface area contributed by atoms with Crippen LogP contribution in [-0.2, 0) is 16.2 Å². The van der Waals surface area contributed by atoms with Crippen LogP contribution in [0.25, 0.3) is 0 Å². The highest BCUT2D eigenvalue weighted by Crippen LogP contribution is 2.19. The van der Waals surface area contributed by atoms with Gasteiger partial charge in [0.05, 0.1) is 24.7 Å². The Morgan fingerprint density at radius 2 is 2.12 bits per heavy atom. The van der Waals surface area contributed by atoms with Crippen LogP contribution in [0.4, 0.5) is 0 Å². The molecule has 0 spiro atoms. The first-order valence-corrected chi connectivity index (χ1v) is 5.93. The van der Waals surface area contributed by atoms with Crippen molar-refractivity contribution in [2.75, 3.05) is 13.7 Å².